The Labute approximate surface area is 93.0 Å². The first-order valence-electron chi connectivity index (χ1n) is 4.91. The van der Waals surface area contributed by atoms with Crippen LogP contribution in [-0.4, -0.2) is 12.5 Å². The van der Waals surface area contributed by atoms with Crippen molar-refractivity contribution in [1.82, 2.24) is 5.32 Å². The van der Waals surface area contributed by atoms with E-state index in [0.717, 1.165) is 5.56 Å². The number of fused-ring (bicyclic) bond motifs is 1. The van der Waals surface area contributed by atoms with Gasteiger partial charge in [0.15, 0.2) is 0 Å². The maximum atomic E-state index is 13.5. The first-order valence-corrected chi connectivity index (χ1v) is 4.91. The molecule has 2 rings (SSSR count). The summed E-state index contributed by atoms with van der Waals surface area (Å²) >= 11 is 0. The molecule has 82 valence electrons. The van der Waals surface area contributed by atoms with E-state index in [4.69, 9.17) is 6.42 Å². The molecule has 0 saturated carbocycles. The molecule has 0 fully saturated rings. The van der Waals surface area contributed by atoms with Gasteiger partial charge in [0.1, 0.15) is 11.9 Å². The van der Waals surface area contributed by atoms with Crippen molar-refractivity contribution in [2.45, 2.75) is 13.0 Å². The van der Waals surface area contributed by atoms with Gasteiger partial charge in [-0.25, -0.2) is 4.39 Å². The first-order chi connectivity index (χ1) is 7.63. The fourth-order valence-electron chi connectivity index (χ4n) is 1.83. The minimum Gasteiger partial charge on any atom is -0.322 e. The molecule has 0 aliphatic carbocycles. The number of carbonyl (C=O) groups is 1. The average molecular weight is 218 g/mol. The van der Waals surface area contributed by atoms with Gasteiger partial charge in [-0.1, -0.05) is 12.0 Å². The number of benzene rings is 1. The van der Waals surface area contributed by atoms with Crippen LogP contribution in [0.2, 0.25) is 0 Å². The number of hydrogen-bond donors (Lipinski definition) is 2. The van der Waals surface area contributed by atoms with Crippen molar-refractivity contribution in [2.24, 2.45) is 0 Å². The van der Waals surface area contributed by atoms with Crippen LogP contribution in [-0.2, 0) is 4.79 Å². The van der Waals surface area contributed by atoms with Crippen LogP contribution in [0.25, 0.3) is 0 Å². The van der Waals surface area contributed by atoms with Crippen molar-refractivity contribution < 1.29 is 9.18 Å². The Morgan fingerprint density at radius 1 is 1.62 bits per heavy atom. The van der Waals surface area contributed by atoms with Gasteiger partial charge < -0.3 is 5.32 Å². The smallest absolute Gasteiger partial charge is 0.246 e. The van der Waals surface area contributed by atoms with Crippen LogP contribution in [0.15, 0.2) is 12.1 Å². The third-order valence-corrected chi connectivity index (χ3v) is 2.49. The average Bonchev–Trinajstić information content (AvgIpc) is 2.53. The van der Waals surface area contributed by atoms with Crippen molar-refractivity contribution in [2.75, 3.05) is 11.9 Å². The highest BCUT2D eigenvalue weighted by molar-refractivity contribution is 6.02. The number of halogens is 1. The predicted octanol–water partition coefficient (Wildman–Crippen LogP) is 1.35. The molecule has 1 aliphatic heterocycles. The highest BCUT2D eigenvalue weighted by Crippen LogP contribution is 2.33. The summed E-state index contributed by atoms with van der Waals surface area (Å²) < 4.78 is 13.5. The maximum Gasteiger partial charge on any atom is 0.246 e. The number of aryl methyl sites for hydroxylation is 1. The fraction of sp³-hybridized carbons (Fsp3) is 0.250. The SMILES string of the molecule is C#CCNC1C(=O)Nc2c(F)cc(C)cc21. The molecule has 2 N–H and O–H groups in total. The summed E-state index contributed by atoms with van der Waals surface area (Å²) in [5.41, 5.74) is 1.66. The van der Waals surface area contributed by atoms with E-state index in [1.54, 1.807) is 13.0 Å². The number of carbonyl (C=O) groups excluding carboxylic acids is 1. The maximum absolute atomic E-state index is 13.5. The molecule has 4 heteroatoms. The summed E-state index contributed by atoms with van der Waals surface area (Å²) in [5.74, 6) is 1.71. The molecule has 1 amide bonds. The number of amides is 1. The van der Waals surface area contributed by atoms with Gasteiger partial charge in [0.05, 0.1) is 12.2 Å². The van der Waals surface area contributed by atoms with Gasteiger partial charge in [0.25, 0.3) is 0 Å². The minimum atomic E-state index is -0.555. The highest BCUT2D eigenvalue weighted by Gasteiger charge is 2.32. The van der Waals surface area contributed by atoms with Crippen molar-refractivity contribution in [3.63, 3.8) is 0 Å². The zero-order chi connectivity index (χ0) is 11.7. The van der Waals surface area contributed by atoms with E-state index in [0.29, 0.717) is 5.56 Å². The van der Waals surface area contributed by atoms with Crippen molar-refractivity contribution >= 4 is 11.6 Å². The van der Waals surface area contributed by atoms with Gasteiger partial charge in [0.2, 0.25) is 5.91 Å². The second kappa shape index (κ2) is 3.95. The second-order valence-corrected chi connectivity index (χ2v) is 3.72. The van der Waals surface area contributed by atoms with Crippen molar-refractivity contribution in [3.05, 3.63) is 29.1 Å². The molecule has 1 heterocycles. The molecule has 1 atom stereocenters. The van der Waals surface area contributed by atoms with Crippen LogP contribution in [0.5, 0.6) is 0 Å². The largest absolute Gasteiger partial charge is 0.322 e. The summed E-state index contributed by atoms with van der Waals surface area (Å²) in [6.07, 6.45) is 5.11. The Morgan fingerprint density at radius 2 is 2.38 bits per heavy atom. The van der Waals surface area contributed by atoms with Gasteiger partial charge >= 0.3 is 0 Å². The Bertz CT molecular complexity index is 491. The molecule has 0 saturated heterocycles. The molecule has 1 unspecified atom stereocenters. The topological polar surface area (TPSA) is 41.1 Å². The summed E-state index contributed by atoms with van der Waals surface area (Å²) in [6.45, 7) is 2.05. The van der Waals surface area contributed by atoms with Crippen molar-refractivity contribution in [1.29, 1.82) is 0 Å². The van der Waals surface area contributed by atoms with Gasteiger partial charge in [-0.05, 0) is 18.6 Å². The van der Waals surface area contributed by atoms with E-state index < -0.39 is 11.9 Å². The molecule has 0 radical (unpaired) electrons. The van der Waals surface area contributed by atoms with Gasteiger partial charge in [-0.2, -0.15) is 0 Å². The molecule has 1 aromatic carbocycles. The fourth-order valence-corrected chi connectivity index (χ4v) is 1.83. The van der Waals surface area contributed by atoms with Gasteiger partial charge in [0, 0.05) is 5.56 Å². The third-order valence-electron chi connectivity index (χ3n) is 2.49. The Morgan fingerprint density at radius 3 is 3.06 bits per heavy atom. The number of rotatable bonds is 2. The van der Waals surface area contributed by atoms with Crippen LogP contribution < -0.4 is 10.6 Å². The quantitative estimate of drug-likeness (QED) is 0.736. The lowest BCUT2D eigenvalue weighted by Gasteiger charge is -2.09. The summed E-state index contributed by atoms with van der Waals surface area (Å²) in [4.78, 5) is 11.6. The first kappa shape index (κ1) is 10.7. The Hall–Kier alpha value is -1.86. The number of nitrogens with one attached hydrogen (secondary N) is 2. The zero-order valence-corrected chi connectivity index (χ0v) is 8.80. The van der Waals surface area contributed by atoms with E-state index in [1.165, 1.54) is 6.07 Å². The minimum absolute atomic E-state index is 0.255. The molecule has 0 aromatic heterocycles. The van der Waals surface area contributed by atoms with Crippen LogP contribution in [0.1, 0.15) is 17.2 Å². The molecule has 1 aromatic rings. The van der Waals surface area contributed by atoms with E-state index in [-0.39, 0.29) is 18.1 Å². The standard InChI is InChI=1S/C12H11FN2O/c1-3-4-14-11-8-5-7(2)6-9(13)10(8)15-12(11)16/h1,5-6,11,14H,4H2,2H3,(H,15,16). The molecular formula is C12H11FN2O. The zero-order valence-electron chi connectivity index (χ0n) is 8.80. The third kappa shape index (κ3) is 1.66. The van der Waals surface area contributed by atoms with E-state index in [2.05, 4.69) is 16.6 Å². The monoisotopic (exact) mass is 218 g/mol. The molecular weight excluding hydrogens is 207 g/mol. The van der Waals surface area contributed by atoms with Crippen LogP contribution in [0, 0.1) is 25.1 Å². The molecule has 1 aliphatic rings. The van der Waals surface area contributed by atoms with Gasteiger partial charge in [-0.15, -0.1) is 6.42 Å². The van der Waals surface area contributed by atoms with E-state index >= 15 is 0 Å². The van der Waals surface area contributed by atoms with E-state index in [9.17, 15) is 9.18 Å². The van der Waals surface area contributed by atoms with Crippen LogP contribution >= 0.6 is 0 Å². The van der Waals surface area contributed by atoms with Gasteiger partial charge in [-0.3, -0.25) is 10.1 Å². The Balaban J connectivity index is 2.40. The normalized spacial score (nSPS) is 17.8. The van der Waals surface area contributed by atoms with E-state index in [1.807, 2.05) is 0 Å². The molecule has 16 heavy (non-hydrogen) atoms. The summed E-state index contributed by atoms with van der Waals surface area (Å²) in [5, 5.41) is 5.38. The lowest BCUT2D eigenvalue weighted by Crippen LogP contribution is -2.27. The summed E-state index contributed by atoms with van der Waals surface area (Å²) in [6, 6.07) is 2.62. The summed E-state index contributed by atoms with van der Waals surface area (Å²) in [7, 11) is 0. The Kier molecular flexibility index (Phi) is 2.63. The highest BCUT2D eigenvalue weighted by atomic mass is 19.1. The number of terminal acetylenes is 1. The van der Waals surface area contributed by atoms with Crippen LogP contribution in [0.4, 0.5) is 10.1 Å². The lowest BCUT2D eigenvalue weighted by atomic mass is 10.1. The second-order valence-electron chi connectivity index (χ2n) is 3.72. The molecule has 0 spiro atoms. The van der Waals surface area contributed by atoms with Crippen molar-refractivity contribution in [3.8, 4) is 12.3 Å². The molecule has 0 bridgehead atoms. The predicted molar refractivity (Wildman–Crippen MR) is 59.3 cm³/mol. The molecule has 3 nitrogen and oxygen atoms in total. The lowest BCUT2D eigenvalue weighted by molar-refractivity contribution is -0.117. The number of hydrogen-bond acceptors (Lipinski definition) is 2. The van der Waals surface area contributed by atoms with Crippen LogP contribution in [0.3, 0.4) is 0 Å². The number of anilines is 1.